The summed E-state index contributed by atoms with van der Waals surface area (Å²) in [6.45, 7) is 1.48. The lowest BCUT2D eigenvalue weighted by Crippen LogP contribution is -2.46. The van der Waals surface area contributed by atoms with Crippen molar-refractivity contribution in [2.45, 2.75) is 17.7 Å². The van der Waals surface area contributed by atoms with E-state index in [1.54, 1.807) is 31.2 Å². The number of halogens is 2. The molecule has 0 saturated carbocycles. The number of hydrogen-bond donors (Lipinski definition) is 0. The molecule has 1 amide bonds. The second kappa shape index (κ2) is 8.81. The van der Waals surface area contributed by atoms with Gasteiger partial charge in [-0.15, -0.1) is 0 Å². The molecule has 0 bridgehead atoms. The lowest BCUT2D eigenvalue weighted by atomic mass is 9.98. The number of sulfonamides is 1. The third-order valence-corrected chi connectivity index (χ3v) is 7.59. The highest BCUT2D eigenvalue weighted by Crippen LogP contribution is 2.33. The first-order chi connectivity index (χ1) is 11.8. The summed E-state index contributed by atoms with van der Waals surface area (Å²) in [5.41, 5.74) is 0. The zero-order chi connectivity index (χ0) is 18.6. The van der Waals surface area contributed by atoms with Crippen LogP contribution in [0, 0.1) is 5.92 Å². The number of hydrogen-bond acceptors (Lipinski definition) is 4. The molecule has 25 heavy (non-hydrogen) atoms. The van der Waals surface area contributed by atoms with Gasteiger partial charge in [0, 0.05) is 38.3 Å². The summed E-state index contributed by atoms with van der Waals surface area (Å²) in [7, 11) is -0.462. The summed E-state index contributed by atoms with van der Waals surface area (Å²) in [6.07, 6.45) is 1.31. The predicted molar refractivity (Wildman–Crippen MR) is 100 cm³/mol. The van der Waals surface area contributed by atoms with Crippen molar-refractivity contribution in [2.24, 2.45) is 5.92 Å². The Morgan fingerprint density at radius 2 is 2.20 bits per heavy atom. The van der Waals surface area contributed by atoms with E-state index < -0.39 is 10.0 Å². The molecule has 1 saturated heterocycles. The van der Waals surface area contributed by atoms with Crippen LogP contribution < -0.4 is 0 Å². The Kier molecular flexibility index (Phi) is 7.28. The molecule has 1 unspecified atom stereocenters. The fraction of sp³-hybridized carbons (Fsp3) is 0.562. The Bertz CT molecular complexity index is 729. The van der Waals surface area contributed by atoms with Gasteiger partial charge in [-0.05, 0) is 40.9 Å². The van der Waals surface area contributed by atoms with Crippen LogP contribution in [-0.4, -0.2) is 63.9 Å². The third kappa shape index (κ3) is 4.74. The van der Waals surface area contributed by atoms with Crippen LogP contribution in [0.5, 0.6) is 0 Å². The Balaban J connectivity index is 2.17. The lowest BCUT2D eigenvalue weighted by Gasteiger charge is -2.33. The van der Waals surface area contributed by atoms with Crippen LogP contribution in [0.15, 0.2) is 27.6 Å². The molecule has 0 aliphatic carbocycles. The average molecular weight is 454 g/mol. The quantitative estimate of drug-likeness (QED) is 0.664. The molecule has 1 heterocycles. The van der Waals surface area contributed by atoms with Crippen molar-refractivity contribution in [3.05, 3.63) is 27.7 Å². The van der Waals surface area contributed by atoms with Crippen LogP contribution >= 0.6 is 27.5 Å². The van der Waals surface area contributed by atoms with Crippen LogP contribution in [0.4, 0.5) is 0 Å². The van der Waals surface area contributed by atoms with E-state index in [9.17, 15) is 13.2 Å². The van der Waals surface area contributed by atoms with Gasteiger partial charge in [0.15, 0.2) is 0 Å². The molecule has 0 N–H and O–H groups in total. The van der Waals surface area contributed by atoms with Crippen LogP contribution in [0.3, 0.4) is 0 Å². The summed E-state index contributed by atoms with van der Waals surface area (Å²) in [4.78, 5) is 14.2. The topological polar surface area (TPSA) is 66.9 Å². The van der Waals surface area contributed by atoms with Crippen molar-refractivity contribution in [1.82, 2.24) is 9.21 Å². The van der Waals surface area contributed by atoms with E-state index in [1.807, 2.05) is 0 Å². The number of amides is 1. The summed E-state index contributed by atoms with van der Waals surface area (Å²) >= 11 is 9.41. The summed E-state index contributed by atoms with van der Waals surface area (Å²) in [5.74, 6) is -0.409. The SMILES string of the molecule is COCCN(C)C(=O)C1CCCN(S(=O)(=O)c2cccc(Br)c2Cl)C1. The number of carbonyl (C=O) groups is 1. The van der Waals surface area contributed by atoms with Gasteiger partial charge < -0.3 is 9.64 Å². The minimum absolute atomic E-state index is 0.0581. The molecule has 0 radical (unpaired) electrons. The second-order valence-electron chi connectivity index (χ2n) is 6.01. The molecule has 0 aromatic heterocycles. The van der Waals surface area contributed by atoms with E-state index in [0.29, 0.717) is 37.0 Å². The smallest absolute Gasteiger partial charge is 0.244 e. The minimum Gasteiger partial charge on any atom is -0.383 e. The fourth-order valence-corrected chi connectivity index (χ4v) is 5.36. The van der Waals surface area contributed by atoms with Crippen molar-refractivity contribution in [3.8, 4) is 0 Å². The van der Waals surface area contributed by atoms with Gasteiger partial charge in [0.1, 0.15) is 4.90 Å². The largest absolute Gasteiger partial charge is 0.383 e. The fourth-order valence-electron chi connectivity index (χ4n) is 2.83. The number of rotatable bonds is 6. The van der Waals surface area contributed by atoms with Gasteiger partial charge in [0.2, 0.25) is 15.9 Å². The Hall–Kier alpha value is -0.670. The molecule has 0 spiro atoms. The summed E-state index contributed by atoms with van der Waals surface area (Å²) < 4.78 is 32.8. The number of nitrogens with zero attached hydrogens (tertiary/aromatic N) is 2. The maximum Gasteiger partial charge on any atom is 0.244 e. The first-order valence-corrected chi connectivity index (χ1v) is 10.6. The number of benzene rings is 1. The summed E-state index contributed by atoms with van der Waals surface area (Å²) in [5, 5.41) is 0.160. The number of piperidine rings is 1. The van der Waals surface area contributed by atoms with Crippen molar-refractivity contribution >= 4 is 43.5 Å². The molecular formula is C16H22BrClN2O4S. The Labute approximate surface area is 162 Å². The number of carbonyl (C=O) groups excluding carboxylic acids is 1. The highest BCUT2D eigenvalue weighted by Gasteiger charge is 2.35. The maximum atomic E-state index is 12.9. The first kappa shape index (κ1) is 20.6. The van der Waals surface area contributed by atoms with Crippen molar-refractivity contribution in [3.63, 3.8) is 0 Å². The molecule has 1 atom stereocenters. The molecule has 1 fully saturated rings. The van der Waals surface area contributed by atoms with E-state index in [2.05, 4.69) is 15.9 Å². The van der Waals surface area contributed by atoms with E-state index in [1.165, 1.54) is 10.4 Å². The molecular weight excluding hydrogens is 432 g/mol. The zero-order valence-electron chi connectivity index (χ0n) is 14.2. The summed E-state index contributed by atoms with van der Waals surface area (Å²) in [6, 6.07) is 4.81. The minimum atomic E-state index is -3.75. The number of methoxy groups -OCH3 is 1. The highest BCUT2D eigenvalue weighted by atomic mass is 79.9. The van der Waals surface area contributed by atoms with Crippen molar-refractivity contribution in [1.29, 1.82) is 0 Å². The van der Waals surface area contributed by atoms with Gasteiger partial charge in [0.25, 0.3) is 0 Å². The van der Waals surface area contributed by atoms with Gasteiger partial charge in [-0.3, -0.25) is 4.79 Å². The van der Waals surface area contributed by atoms with Gasteiger partial charge in [0.05, 0.1) is 17.5 Å². The second-order valence-corrected chi connectivity index (χ2v) is 9.15. The predicted octanol–water partition coefficient (Wildman–Crippen LogP) is 2.61. The molecule has 1 aromatic rings. The first-order valence-electron chi connectivity index (χ1n) is 7.97. The zero-order valence-corrected chi connectivity index (χ0v) is 17.4. The Morgan fingerprint density at radius 3 is 2.88 bits per heavy atom. The molecule has 6 nitrogen and oxygen atoms in total. The van der Waals surface area contributed by atoms with Crippen LogP contribution in [0.25, 0.3) is 0 Å². The third-order valence-electron chi connectivity index (χ3n) is 4.27. The van der Waals surface area contributed by atoms with Crippen molar-refractivity contribution < 1.29 is 17.9 Å². The number of likely N-dealkylation sites (N-methyl/N-ethyl adjacent to an activating group) is 1. The van der Waals surface area contributed by atoms with E-state index >= 15 is 0 Å². The standard InChI is InChI=1S/C16H22BrClN2O4S/c1-19(9-10-24-2)16(21)12-5-4-8-20(11-12)25(22,23)14-7-3-6-13(17)15(14)18/h3,6-7,12H,4-5,8-11H2,1-2H3. The van der Waals surface area contributed by atoms with Crippen LogP contribution in [0.2, 0.25) is 5.02 Å². The van der Waals surface area contributed by atoms with Crippen LogP contribution in [0.1, 0.15) is 12.8 Å². The Morgan fingerprint density at radius 1 is 1.48 bits per heavy atom. The molecule has 2 rings (SSSR count). The molecule has 9 heteroatoms. The normalized spacial score (nSPS) is 19.0. The van der Waals surface area contributed by atoms with Gasteiger partial charge in [-0.25, -0.2) is 8.42 Å². The highest BCUT2D eigenvalue weighted by molar-refractivity contribution is 9.10. The number of ether oxygens (including phenoxy) is 1. The van der Waals surface area contributed by atoms with E-state index in [4.69, 9.17) is 16.3 Å². The van der Waals surface area contributed by atoms with Gasteiger partial charge in [-0.1, -0.05) is 17.7 Å². The molecule has 1 aliphatic rings. The van der Waals surface area contributed by atoms with Crippen LogP contribution in [-0.2, 0) is 19.6 Å². The van der Waals surface area contributed by atoms with Gasteiger partial charge >= 0.3 is 0 Å². The molecule has 140 valence electrons. The van der Waals surface area contributed by atoms with E-state index in [-0.39, 0.29) is 28.3 Å². The van der Waals surface area contributed by atoms with Gasteiger partial charge in [-0.2, -0.15) is 4.31 Å². The maximum absolute atomic E-state index is 12.9. The monoisotopic (exact) mass is 452 g/mol. The average Bonchev–Trinajstić information content (AvgIpc) is 2.61. The molecule has 1 aliphatic heterocycles. The lowest BCUT2D eigenvalue weighted by molar-refractivity contribution is -0.135. The van der Waals surface area contributed by atoms with Crippen molar-refractivity contribution in [2.75, 3.05) is 40.4 Å². The van der Waals surface area contributed by atoms with E-state index in [0.717, 1.165) is 0 Å². The molecule has 1 aromatic carbocycles.